The predicted molar refractivity (Wildman–Crippen MR) is 131 cm³/mol. The number of amides is 2. The van der Waals surface area contributed by atoms with E-state index in [1.807, 2.05) is 31.2 Å². The molecule has 35 heavy (non-hydrogen) atoms. The molecule has 0 aliphatic carbocycles. The molecule has 0 unspecified atom stereocenters. The van der Waals surface area contributed by atoms with E-state index < -0.39 is 29.0 Å². The molecule has 1 heterocycles. The van der Waals surface area contributed by atoms with Gasteiger partial charge in [0.2, 0.25) is 11.8 Å². The van der Waals surface area contributed by atoms with Crippen LogP contribution in [0.3, 0.4) is 0 Å². The van der Waals surface area contributed by atoms with Crippen LogP contribution in [0.4, 0.5) is 24.5 Å². The van der Waals surface area contributed by atoms with E-state index in [0.717, 1.165) is 26.9 Å². The van der Waals surface area contributed by atoms with Gasteiger partial charge >= 0.3 is 0 Å². The molecular formula is C25H21F3N4O2S. The zero-order chi connectivity index (χ0) is 25.1. The molecule has 3 aromatic carbocycles. The Bertz CT molecular complexity index is 1410. The molecule has 0 fully saturated rings. The van der Waals surface area contributed by atoms with Crippen LogP contribution in [0.15, 0.2) is 54.6 Å². The third kappa shape index (κ3) is 5.84. The fourth-order valence-corrected chi connectivity index (χ4v) is 4.48. The van der Waals surface area contributed by atoms with E-state index in [9.17, 15) is 22.8 Å². The number of benzene rings is 3. The van der Waals surface area contributed by atoms with Crippen molar-refractivity contribution in [2.24, 2.45) is 0 Å². The number of rotatable bonds is 7. The van der Waals surface area contributed by atoms with Crippen molar-refractivity contribution in [2.45, 2.75) is 6.92 Å². The van der Waals surface area contributed by atoms with Crippen LogP contribution in [0.5, 0.6) is 0 Å². The molecule has 0 aliphatic heterocycles. The number of halogens is 3. The van der Waals surface area contributed by atoms with Gasteiger partial charge in [-0.05, 0) is 68.1 Å². The van der Waals surface area contributed by atoms with Crippen LogP contribution in [-0.2, 0) is 9.59 Å². The van der Waals surface area contributed by atoms with Gasteiger partial charge in [0.05, 0.1) is 29.0 Å². The molecule has 2 amide bonds. The number of aromatic nitrogens is 1. The van der Waals surface area contributed by atoms with Crippen molar-refractivity contribution in [1.29, 1.82) is 0 Å². The van der Waals surface area contributed by atoms with Gasteiger partial charge in [0, 0.05) is 11.3 Å². The summed E-state index contributed by atoms with van der Waals surface area (Å²) in [5.74, 6) is -5.54. The van der Waals surface area contributed by atoms with Crippen LogP contribution in [-0.4, -0.2) is 41.8 Å². The number of aryl methyl sites for hydroxylation is 1. The summed E-state index contributed by atoms with van der Waals surface area (Å²) in [4.78, 5) is 30.5. The fourth-order valence-electron chi connectivity index (χ4n) is 3.41. The summed E-state index contributed by atoms with van der Waals surface area (Å²) in [7, 11) is 1.53. The summed E-state index contributed by atoms with van der Waals surface area (Å²) >= 11 is 1.60. The maximum Gasteiger partial charge on any atom is 0.238 e. The number of nitrogens with one attached hydrogen (secondary N) is 2. The third-order valence-electron chi connectivity index (χ3n) is 5.10. The van der Waals surface area contributed by atoms with E-state index in [-0.39, 0.29) is 19.0 Å². The standard InChI is InChI=1S/C25H21F3N4O2S/c1-14-3-9-18-20(11-14)35-25(31-18)15-4-6-16(7-5-15)29-21(33)12-32(2)13-22(34)30-19-10-8-17(26)23(27)24(19)28/h3-11H,12-13H2,1-2H3,(H,29,33)(H,30,34). The lowest BCUT2D eigenvalue weighted by Crippen LogP contribution is -2.36. The predicted octanol–water partition coefficient (Wildman–Crippen LogP) is 5.20. The monoisotopic (exact) mass is 498 g/mol. The number of anilines is 2. The summed E-state index contributed by atoms with van der Waals surface area (Å²) in [6.45, 7) is 1.65. The largest absolute Gasteiger partial charge is 0.325 e. The summed E-state index contributed by atoms with van der Waals surface area (Å²) in [6, 6.07) is 15.0. The Hall–Kier alpha value is -3.76. The van der Waals surface area contributed by atoms with E-state index in [4.69, 9.17) is 0 Å². The molecule has 0 atom stereocenters. The van der Waals surface area contributed by atoms with E-state index >= 15 is 0 Å². The summed E-state index contributed by atoms with van der Waals surface area (Å²) in [5.41, 5.74) is 3.14. The summed E-state index contributed by atoms with van der Waals surface area (Å²) in [5, 5.41) is 5.80. The minimum Gasteiger partial charge on any atom is -0.325 e. The number of thiazole rings is 1. The number of nitrogens with zero attached hydrogens (tertiary/aromatic N) is 2. The SMILES string of the molecule is Cc1ccc2nc(-c3ccc(NC(=O)CN(C)CC(=O)Nc4ccc(F)c(F)c4F)cc3)sc2c1. The zero-order valence-electron chi connectivity index (χ0n) is 18.9. The Kier molecular flexibility index (Phi) is 7.13. The summed E-state index contributed by atoms with van der Waals surface area (Å²) < 4.78 is 41.1. The Morgan fingerprint density at radius 1 is 0.914 bits per heavy atom. The van der Waals surface area contributed by atoms with Gasteiger partial charge in [-0.25, -0.2) is 18.2 Å². The van der Waals surface area contributed by atoms with Crippen molar-refractivity contribution in [2.75, 3.05) is 30.8 Å². The van der Waals surface area contributed by atoms with Crippen molar-refractivity contribution >= 4 is 44.7 Å². The highest BCUT2D eigenvalue weighted by Gasteiger charge is 2.17. The maximum atomic E-state index is 13.7. The maximum absolute atomic E-state index is 13.7. The first-order chi connectivity index (χ1) is 16.7. The van der Waals surface area contributed by atoms with E-state index in [0.29, 0.717) is 11.8 Å². The lowest BCUT2D eigenvalue weighted by atomic mass is 10.2. The van der Waals surface area contributed by atoms with Crippen LogP contribution >= 0.6 is 11.3 Å². The first kappa shape index (κ1) is 24.4. The molecule has 0 saturated carbocycles. The average molecular weight is 499 g/mol. The second kappa shape index (κ2) is 10.2. The Morgan fingerprint density at radius 3 is 2.31 bits per heavy atom. The Morgan fingerprint density at radius 2 is 1.60 bits per heavy atom. The van der Waals surface area contributed by atoms with Gasteiger partial charge in [0.15, 0.2) is 17.5 Å². The molecule has 2 N–H and O–H groups in total. The highest BCUT2D eigenvalue weighted by molar-refractivity contribution is 7.21. The molecule has 0 aliphatic rings. The highest BCUT2D eigenvalue weighted by atomic mass is 32.1. The van der Waals surface area contributed by atoms with Crippen LogP contribution in [0.2, 0.25) is 0 Å². The zero-order valence-corrected chi connectivity index (χ0v) is 19.7. The van der Waals surface area contributed by atoms with Gasteiger partial charge in [-0.3, -0.25) is 14.5 Å². The minimum atomic E-state index is -1.67. The average Bonchev–Trinajstić information content (AvgIpc) is 3.23. The number of carbonyl (C=O) groups is 2. The number of carbonyl (C=O) groups excluding carboxylic acids is 2. The normalized spacial score (nSPS) is 11.1. The smallest absolute Gasteiger partial charge is 0.238 e. The van der Waals surface area contributed by atoms with Crippen LogP contribution in [0.25, 0.3) is 20.8 Å². The quantitative estimate of drug-likeness (QED) is 0.344. The molecule has 1 aromatic heterocycles. The van der Waals surface area contributed by atoms with Crippen molar-refractivity contribution in [1.82, 2.24) is 9.88 Å². The second-order valence-electron chi connectivity index (χ2n) is 8.06. The van der Waals surface area contributed by atoms with E-state index in [1.54, 1.807) is 23.5 Å². The molecule has 180 valence electrons. The first-order valence-electron chi connectivity index (χ1n) is 10.6. The number of hydrogen-bond donors (Lipinski definition) is 2. The molecule has 0 saturated heterocycles. The molecule has 10 heteroatoms. The van der Waals surface area contributed by atoms with Crippen molar-refractivity contribution in [3.63, 3.8) is 0 Å². The molecule has 4 rings (SSSR count). The molecule has 0 bridgehead atoms. The Labute approximate surface area is 203 Å². The van der Waals surface area contributed by atoms with Gasteiger partial charge in [-0.1, -0.05) is 6.07 Å². The van der Waals surface area contributed by atoms with Crippen molar-refractivity contribution in [3.05, 3.63) is 77.6 Å². The Balaban J connectivity index is 1.30. The topological polar surface area (TPSA) is 74.3 Å². The number of hydrogen-bond acceptors (Lipinski definition) is 5. The molecule has 6 nitrogen and oxygen atoms in total. The van der Waals surface area contributed by atoms with E-state index in [1.165, 1.54) is 17.5 Å². The van der Waals surface area contributed by atoms with Gasteiger partial charge in [0.1, 0.15) is 5.01 Å². The molecule has 0 spiro atoms. The molecular weight excluding hydrogens is 477 g/mol. The van der Waals surface area contributed by atoms with Gasteiger partial charge in [0.25, 0.3) is 0 Å². The van der Waals surface area contributed by atoms with Crippen LogP contribution < -0.4 is 10.6 Å². The van der Waals surface area contributed by atoms with Gasteiger partial charge < -0.3 is 10.6 Å². The number of fused-ring (bicyclic) bond motifs is 1. The lowest BCUT2D eigenvalue weighted by molar-refractivity contribution is -0.119. The van der Waals surface area contributed by atoms with Crippen molar-refractivity contribution < 1.29 is 22.8 Å². The third-order valence-corrected chi connectivity index (χ3v) is 6.16. The first-order valence-corrected chi connectivity index (χ1v) is 11.4. The van der Waals surface area contributed by atoms with E-state index in [2.05, 4.69) is 21.7 Å². The minimum absolute atomic E-state index is 0.118. The number of likely N-dealkylation sites (N-methyl/N-ethyl adjacent to an activating group) is 1. The lowest BCUT2D eigenvalue weighted by Gasteiger charge is -2.16. The highest BCUT2D eigenvalue weighted by Crippen LogP contribution is 2.31. The molecule has 4 aromatic rings. The van der Waals surface area contributed by atoms with Gasteiger partial charge in [-0.2, -0.15) is 0 Å². The fraction of sp³-hybridized carbons (Fsp3) is 0.160. The molecule has 0 radical (unpaired) electrons. The van der Waals surface area contributed by atoms with Crippen LogP contribution in [0, 0.1) is 24.4 Å². The summed E-state index contributed by atoms with van der Waals surface area (Å²) in [6.07, 6.45) is 0. The second-order valence-corrected chi connectivity index (χ2v) is 9.09. The van der Waals surface area contributed by atoms with Crippen LogP contribution in [0.1, 0.15) is 5.56 Å². The van der Waals surface area contributed by atoms with Gasteiger partial charge in [-0.15, -0.1) is 11.3 Å². The van der Waals surface area contributed by atoms with Crippen molar-refractivity contribution in [3.8, 4) is 10.6 Å².